The van der Waals surface area contributed by atoms with Crippen molar-refractivity contribution in [3.63, 3.8) is 0 Å². The average Bonchev–Trinajstić information content (AvgIpc) is 2.41. The Morgan fingerprint density at radius 3 is 2.79 bits per heavy atom. The van der Waals surface area contributed by atoms with Gasteiger partial charge >= 0.3 is 0 Å². The Morgan fingerprint density at radius 1 is 1.36 bits per heavy atom. The molecule has 74 valence electrons. The highest BCUT2D eigenvalue weighted by molar-refractivity contribution is 5.82. The summed E-state index contributed by atoms with van der Waals surface area (Å²) in [5.74, 6) is 0.234. The number of Topliss-reactive ketones (excluding diaryl/α,β-unsaturated/α-hetero) is 1. The van der Waals surface area contributed by atoms with Gasteiger partial charge in [0.2, 0.25) is 0 Å². The van der Waals surface area contributed by atoms with Crippen LogP contribution < -0.4 is 5.32 Å². The fourth-order valence-electron chi connectivity index (χ4n) is 1.90. The van der Waals surface area contributed by atoms with E-state index in [2.05, 4.69) is 29.6 Å². The van der Waals surface area contributed by atoms with E-state index in [4.69, 9.17) is 0 Å². The Balaban J connectivity index is 2.21. The Morgan fingerprint density at radius 2 is 2.07 bits per heavy atom. The third kappa shape index (κ3) is 1.85. The summed E-state index contributed by atoms with van der Waals surface area (Å²) in [6, 6.07) is 0.0184. The van der Waals surface area contributed by atoms with Gasteiger partial charge in [0.05, 0.1) is 6.04 Å². The number of allylic oxidation sites excluding steroid dienone is 3. The molecule has 2 aliphatic rings. The summed E-state index contributed by atoms with van der Waals surface area (Å²) < 4.78 is 0. The van der Waals surface area contributed by atoms with Crippen molar-refractivity contribution in [2.75, 3.05) is 6.54 Å². The number of ketones is 1. The molecule has 0 aromatic carbocycles. The molecule has 1 aliphatic heterocycles. The van der Waals surface area contributed by atoms with Crippen molar-refractivity contribution in [2.24, 2.45) is 0 Å². The Hall–Kier alpha value is -1.15. The molecule has 14 heavy (non-hydrogen) atoms. The average molecular weight is 189 g/mol. The lowest BCUT2D eigenvalue weighted by molar-refractivity contribution is -0.119. The first-order valence-electron chi connectivity index (χ1n) is 5.06. The van der Waals surface area contributed by atoms with Crippen LogP contribution in [0.1, 0.15) is 19.8 Å². The molecule has 2 heteroatoms. The van der Waals surface area contributed by atoms with Crippen LogP contribution in [0.4, 0.5) is 0 Å². The number of carbonyl (C=O) groups is 1. The first-order valence-corrected chi connectivity index (χ1v) is 5.06. The van der Waals surface area contributed by atoms with Crippen LogP contribution in [0.2, 0.25) is 0 Å². The number of hydrogen-bond acceptors (Lipinski definition) is 2. The molecule has 1 unspecified atom stereocenters. The summed E-state index contributed by atoms with van der Waals surface area (Å²) in [5, 5.41) is 3.25. The minimum absolute atomic E-state index is 0.0184. The maximum absolute atomic E-state index is 11.2. The number of rotatable bonds is 1. The van der Waals surface area contributed by atoms with E-state index in [0.717, 1.165) is 19.4 Å². The van der Waals surface area contributed by atoms with E-state index in [9.17, 15) is 4.79 Å². The van der Waals surface area contributed by atoms with Crippen LogP contribution in [-0.2, 0) is 4.79 Å². The van der Waals surface area contributed by atoms with Crippen LogP contribution in [0, 0.1) is 0 Å². The van der Waals surface area contributed by atoms with E-state index < -0.39 is 0 Å². The molecule has 1 aliphatic carbocycles. The summed E-state index contributed by atoms with van der Waals surface area (Å²) in [6.45, 7) is 2.47. The predicted octanol–water partition coefficient (Wildman–Crippen LogP) is 1.75. The van der Waals surface area contributed by atoms with E-state index >= 15 is 0 Å². The molecular weight excluding hydrogens is 174 g/mol. The van der Waals surface area contributed by atoms with Crippen LogP contribution in [0.25, 0.3) is 0 Å². The Bertz CT molecular complexity index is 336. The second kappa shape index (κ2) is 3.93. The lowest BCUT2D eigenvalue weighted by Crippen LogP contribution is -2.40. The van der Waals surface area contributed by atoms with Crippen molar-refractivity contribution in [3.8, 4) is 0 Å². The topological polar surface area (TPSA) is 29.1 Å². The van der Waals surface area contributed by atoms with Gasteiger partial charge in [-0.3, -0.25) is 4.79 Å². The molecular formula is C12H15NO. The zero-order chi connectivity index (χ0) is 9.97. The highest BCUT2D eigenvalue weighted by Crippen LogP contribution is 2.21. The van der Waals surface area contributed by atoms with Gasteiger partial charge < -0.3 is 5.32 Å². The third-order valence-corrected chi connectivity index (χ3v) is 2.78. The van der Waals surface area contributed by atoms with E-state index in [-0.39, 0.29) is 11.8 Å². The van der Waals surface area contributed by atoms with Gasteiger partial charge in [-0.1, -0.05) is 24.3 Å². The number of carbonyl (C=O) groups excluding carboxylic acids is 1. The lowest BCUT2D eigenvalue weighted by atomic mass is 9.94. The molecule has 0 fully saturated rings. The van der Waals surface area contributed by atoms with E-state index in [1.165, 1.54) is 11.1 Å². The van der Waals surface area contributed by atoms with Gasteiger partial charge in [-0.15, -0.1) is 0 Å². The highest BCUT2D eigenvalue weighted by Gasteiger charge is 2.21. The zero-order valence-corrected chi connectivity index (χ0v) is 8.42. The monoisotopic (exact) mass is 189 g/mol. The normalized spacial score (nSPS) is 25.9. The van der Waals surface area contributed by atoms with E-state index in [1.54, 1.807) is 6.92 Å². The summed E-state index contributed by atoms with van der Waals surface area (Å²) in [4.78, 5) is 11.2. The fraction of sp³-hybridized carbons (Fsp3) is 0.417. The molecule has 2 nitrogen and oxygen atoms in total. The van der Waals surface area contributed by atoms with Crippen LogP contribution >= 0.6 is 0 Å². The van der Waals surface area contributed by atoms with Gasteiger partial charge in [-0.05, 0) is 30.9 Å². The molecule has 0 aromatic rings. The summed E-state index contributed by atoms with van der Waals surface area (Å²) in [7, 11) is 0. The molecule has 1 heterocycles. The Labute approximate surface area is 84.4 Å². The summed E-state index contributed by atoms with van der Waals surface area (Å²) >= 11 is 0. The van der Waals surface area contributed by atoms with Gasteiger partial charge in [-0.25, -0.2) is 0 Å². The largest absolute Gasteiger partial charge is 0.303 e. The highest BCUT2D eigenvalue weighted by atomic mass is 16.1. The van der Waals surface area contributed by atoms with Gasteiger partial charge in [0.25, 0.3) is 0 Å². The molecule has 0 bridgehead atoms. The zero-order valence-electron chi connectivity index (χ0n) is 8.42. The van der Waals surface area contributed by atoms with Crippen molar-refractivity contribution in [2.45, 2.75) is 25.8 Å². The van der Waals surface area contributed by atoms with E-state index in [1.807, 2.05) is 0 Å². The first-order chi connectivity index (χ1) is 6.77. The molecule has 1 N–H and O–H groups in total. The van der Waals surface area contributed by atoms with Crippen molar-refractivity contribution in [1.82, 2.24) is 5.32 Å². The predicted molar refractivity (Wildman–Crippen MR) is 57.0 cm³/mol. The van der Waals surface area contributed by atoms with Crippen LogP contribution in [0.3, 0.4) is 0 Å². The molecule has 0 radical (unpaired) electrons. The molecule has 1 atom stereocenters. The first kappa shape index (κ1) is 9.41. The molecule has 0 saturated heterocycles. The van der Waals surface area contributed by atoms with Crippen LogP contribution in [-0.4, -0.2) is 18.4 Å². The quantitative estimate of drug-likeness (QED) is 0.681. The maximum Gasteiger partial charge on any atom is 0.147 e. The van der Waals surface area contributed by atoms with Crippen molar-refractivity contribution in [3.05, 3.63) is 35.5 Å². The van der Waals surface area contributed by atoms with Gasteiger partial charge in [-0.2, -0.15) is 0 Å². The van der Waals surface area contributed by atoms with Gasteiger partial charge in [0.1, 0.15) is 5.78 Å². The minimum Gasteiger partial charge on any atom is -0.303 e. The fourth-order valence-corrected chi connectivity index (χ4v) is 1.90. The summed E-state index contributed by atoms with van der Waals surface area (Å²) in [6.07, 6.45) is 10.5. The van der Waals surface area contributed by atoms with Gasteiger partial charge in [0, 0.05) is 6.54 Å². The van der Waals surface area contributed by atoms with Crippen molar-refractivity contribution >= 4 is 5.78 Å². The van der Waals surface area contributed by atoms with Gasteiger partial charge in [0.15, 0.2) is 0 Å². The third-order valence-electron chi connectivity index (χ3n) is 2.78. The molecule has 0 spiro atoms. The molecule has 0 amide bonds. The van der Waals surface area contributed by atoms with Crippen LogP contribution in [0.15, 0.2) is 35.5 Å². The lowest BCUT2D eigenvalue weighted by Gasteiger charge is -2.24. The van der Waals surface area contributed by atoms with Crippen LogP contribution in [0.5, 0.6) is 0 Å². The molecule has 0 saturated carbocycles. The maximum atomic E-state index is 11.2. The number of hydrogen-bond donors (Lipinski definition) is 1. The van der Waals surface area contributed by atoms with Crippen molar-refractivity contribution < 1.29 is 4.79 Å². The minimum atomic E-state index is 0.0184. The Kier molecular flexibility index (Phi) is 2.64. The molecule has 0 aromatic heterocycles. The van der Waals surface area contributed by atoms with E-state index in [0.29, 0.717) is 0 Å². The summed E-state index contributed by atoms with van der Waals surface area (Å²) in [5.41, 5.74) is 2.65. The van der Waals surface area contributed by atoms with Crippen molar-refractivity contribution in [1.29, 1.82) is 0 Å². The number of nitrogens with one attached hydrogen (secondary N) is 1. The molecule has 2 rings (SSSR count). The second-order valence-electron chi connectivity index (χ2n) is 3.84. The second-order valence-corrected chi connectivity index (χ2v) is 3.84. The SMILES string of the molecule is CC(=O)C1CC2=C(C=CCC=C2)CN1. The standard InChI is InChI=1S/C12H15NO/c1-9(14)12-7-10-5-3-2-4-6-11(10)8-13-12/h3-6,12-13H,2,7-8H2,1H3. The smallest absolute Gasteiger partial charge is 0.147 e.